The van der Waals surface area contributed by atoms with E-state index in [-0.39, 0.29) is 0 Å². The number of hydrogen-bond donors (Lipinski definition) is 0. The highest BCUT2D eigenvalue weighted by atomic mass is 35.6. The molecule has 0 aliphatic carbocycles. The molecule has 2 aromatic carbocycles. The predicted molar refractivity (Wildman–Crippen MR) is 116 cm³/mol. The van der Waals surface area contributed by atoms with E-state index >= 15 is 0 Å². The van der Waals surface area contributed by atoms with E-state index in [1.807, 2.05) is 31.2 Å². The Morgan fingerprint density at radius 2 is 1.46 bits per heavy atom. The Morgan fingerprint density at radius 3 is 2.15 bits per heavy atom. The lowest BCUT2D eigenvalue weighted by atomic mass is 9.85. The molecule has 4 heteroatoms. The van der Waals surface area contributed by atoms with Gasteiger partial charge in [-0.05, 0) is 29.7 Å². The van der Waals surface area contributed by atoms with Crippen LogP contribution in [0.25, 0.3) is 10.8 Å². The zero-order valence-electron chi connectivity index (χ0n) is 15.7. The van der Waals surface area contributed by atoms with Crippen LogP contribution in [-0.4, -0.2) is 10.4 Å². The number of rotatable bonds is 10. The molecule has 0 saturated carbocycles. The van der Waals surface area contributed by atoms with E-state index in [9.17, 15) is 0 Å². The van der Waals surface area contributed by atoms with Crippen LogP contribution in [0, 0.1) is 0 Å². The van der Waals surface area contributed by atoms with Crippen LogP contribution in [-0.2, 0) is 10.3 Å². The van der Waals surface area contributed by atoms with Crippen LogP contribution in [0.15, 0.2) is 42.5 Å². The number of halogens is 3. The van der Waals surface area contributed by atoms with Crippen LogP contribution in [0.4, 0.5) is 0 Å². The Hall–Kier alpha value is -0.470. The van der Waals surface area contributed by atoms with Crippen LogP contribution in [0.1, 0.15) is 64.4 Å². The second kappa shape index (κ2) is 10.2. The molecule has 26 heavy (non-hydrogen) atoms. The first kappa shape index (κ1) is 21.8. The summed E-state index contributed by atoms with van der Waals surface area (Å²) in [6.45, 7) is 4.67. The molecule has 0 fully saturated rings. The minimum absolute atomic E-state index is 0.493. The molecule has 0 saturated heterocycles. The topological polar surface area (TPSA) is 9.23 Å². The van der Waals surface area contributed by atoms with E-state index in [1.165, 1.54) is 25.7 Å². The van der Waals surface area contributed by atoms with Gasteiger partial charge >= 0.3 is 0 Å². The lowest BCUT2D eigenvalue weighted by Crippen LogP contribution is -2.43. The maximum Gasteiger partial charge on any atom is 0.223 e. The molecular formula is C22H29Cl3O. The van der Waals surface area contributed by atoms with Crippen LogP contribution in [0.5, 0.6) is 0 Å². The molecule has 0 aliphatic heterocycles. The number of alkyl halides is 3. The molecule has 1 atom stereocenters. The fourth-order valence-electron chi connectivity index (χ4n) is 3.64. The highest BCUT2D eigenvalue weighted by molar-refractivity contribution is 6.68. The van der Waals surface area contributed by atoms with Crippen molar-refractivity contribution in [3.63, 3.8) is 0 Å². The van der Waals surface area contributed by atoms with Gasteiger partial charge in [0.2, 0.25) is 3.79 Å². The molecule has 0 aliphatic rings. The van der Waals surface area contributed by atoms with Crippen molar-refractivity contribution in [1.82, 2.24) is 0 Å². The maximum atomic E-state index is 6.54. The third-order valence-corrected chi connectivity index (χ3v) is 5.87. The average Bonchev–Trinajstić information content (AvgIpc) is 2.62. The van der Waals surface area contributed by atoms with Gasteiger partial charge in [0.25, 0.3) is 0 Å². The van der Waals surface area contributed by atoms with Gasteiger partial charge in [0.1, 0.15) is 5.60 Å². The summed E-state index contributed by atoms with van der Waals surface area (Å²) in [6, 6.07) is 14.3. The van der Waals surface area contributed by atoms with E-state index < -0.39 is 9.39 Å². The number of benzene rings is 2. The Balaban J connectivity index is 2.36. The van der Waals surface area contributed by atoms with Gasteiger partial charge in [0.05, 0.1) is 0 Å². The lowest BCUT2D eigenvalue weighted by Gasteiger charge is -2.40. The molecule has 0 amide bonds. The molecular weight excluding hydrogens is 387 g/mol. The highest BCUT2D eigenvalue weighted by Crippen LogP contribution is 2.52. The number of ether oxygens (including phenoxy) is 1. The Kier molecular flexibility index (Phi) is 8.54. The minimum Gasteiger partial charge on any atom is -0.366 e. The molecule has 2 aromatic rings. The molecule has 1 nitrogen and oxygen atoms in total. The predicted octanol–water partition coefficient (Wildman–Crippen LogP) is 8.19. The molecule has 0 spiro atoms. The monoisotopic (exact) mass is 414 g/mol. The van der Waals surface area contributed by atoms with E-state index in [0.29, 0.717) is 13.0 Å². The summed E-state index contributed by atoms with van der Waals surface area (Å²) in [5.74, 6) is 0. The molecule has 1 unspecified atom stereocenters. The Bertz CT molecular complexity index is 675. The zero-order valence-corrected chi connectivity index (χ0v) is 18.0. The first-order valence-electron chi connectivity index (χ1n) is 9.65. The first-order chi connectivity index (χ1) is 12.5. The molecule has 0 heterocycles. The smallest absolute Gasteiger partial charge is 0.223 e. The van der Waals surface area contributed by atoms with Gasteiger partial charge in [0, 0.05) is 6.61 Å². The molecule has 2 rings (SSSR count). The second-order valence-electron chi connectivity index (χ2n) is 6.80. The van der Waals surface area contributed by atoms with E-state index in [1.54, 1.807) is 0 Å². The van der Waals surface area contributed by atoms with Gasteiger partial charge in [-0.25, -0.2) is 0 Å². The standard InChI is InChI=1S/C22H29Cl3O/c1-3-5-6-7-8-11-17-21(26-4-2,22(23,24)25)20-16-12-14-18-13-9-10-15-19(18)20/h9-10,12-16H,3-8,11,17H2,1-2H3. The molecule has 0 aromatic heterocycles. The van der Waals surface area contributed by atoms with E-state index in [2.05, 4.69) is 25.1 Å². The fraction of sp³-hybridized carbons (Fsp3) is 0.545. The molecule has 0 N–H and O–H groups in total. The number of hydrogen-bond acceptors (Lipinski definition) is 1. The molecule has 0 radical (unpaired) electrons. The van der Waals surface area contributed by atoms with Crippen molar-refractivity contribution in [2.45, 2.75) is 68.2 Å². The average molecular weight is 416 g/mol. The largest absolute Gasteiger partial charge is 0.366 e. The van der Waals surface area contributed by atoms with Crippen molar-refractivity contribution in [2.24, 2.45) is 0 Å². The third-order valence-electron chi connectivity index (χ3n) is 4.96. The first-order valence-corrected chi connectivity index (χ1v) is 10.8. The Morgan fingerprint density at radius 1 is 0.808 bits per heavy atom. The number of unbranched alkanes of at least 4 members (excludes halogenated alkanes) is 5. The summed E-state index contributed by atoms with van der Waals surface area (Å²) in [5, 5.41) is 2.21. The second-order valence-corrected chi connectivity index (χ2v) is 9.08. The van der Waals surface area contributed by atoms with Crippen molar-refractivity contribution < 1.29 is 4.74 Å². The quantitative estimate of drug-likeness (QED) is 0.280. The highest BCUT2D eigenvalue weighted by Gasteiger charge is 2.51. The molecule has 144 valence electrons. The summed E-state index contributed by atoms with van der Waals surface area (Å²) in [4.78, 5) is 0. The fourth-order valence-corrected chi connectivity index (χ4v) is 4.39. The third kappa shape index (κ3) is 5.07. The minimum atomic E-state index is -1.55. The van der Waals surface area contributed by atoms with Gasteiger partial charge in [-0.1, -0.05) is 123 Å². The van der Waals surface area contributed by atoms with Crippen LogP contribution >= 0.6 is 34.8 Å². The summed E-state index contributed by atoms with van der Waals surface area (Å²) in [7, 11) is 0. The van der Waals surface area contributed by atoms with Gasteiger partial charge in [-0.2, -0.15) is 0 Å². The zero-order chi connectivity index (χ0) is 19.0. The van der Waals surface area contributed by atoms with Crippen molar-refractivity contribution in [3.05, 3.63) is 48.0 Å². The van der Waals surface area contributed by atoms with Crippen LogP contribution in [0.2, 0.25) is 0 Å². The summed E-state index contributed by atoms with van der Waals surface area (Å²) < 4.78 is 4.68. The lowest BCUT2D eigenvalue weighted by molar-refractivity contribution is -0.0488. The van der Waals surface area contributed by atoms with Crippen LogP contribution in [0.3, 0.4) is 0 Å². The van der Waals surface area contributed by atoms with Gasteiger partial charge in [0.15, 0.2) is 0 Å². The number of fused-ring (bicyclic) bond motifs is 1. The van der Waals surface area contributed by atoms with Gasteiger partial charge in [-0.3, -0.25) is 0 Å². The van der Waals surface area contributed by atoms with Crippen molar-refractivity contribution >= 4 is 45.6 Å². The van der Waals surface area contributed by atoms with Crippen LogP contribution < -0.4 is 0 Å². The summed E-state index contributed by atoms with van der Waals surface area (Å²) in [5.41, 5.74) is 0.0175. The van der Waals surface area contributed by atoms with Crippen molar-refractivity contribution in [3.8, 4) is 0 Å². The summed E-state index contributed by atoms with van der Waals surface area (Å²) in [6.07, 6.45) is 7.79. The normalized spacial score (nSPS) is 14.5. The van der Waals surface area contributed by atoms with Gasteiger partial charge in [-0.15, -0.1) is 0 Å². The van der Waals surface area contributed by atoms with Crippen molar-refractivity contribution in [2.75, 3.05) is 6.61 Å². The van der Waals surface area contributed by atoms with E-state index in [4.69, 9.17) is 39.5 Å². The molecule has 0 bridgehead atoms. The summed E-state index contributed by atoms with van der Waals surface area (Å²) >= 11 is 19.6. The maximum absolute atomic E-state index is 6.54. The van der Waals surface area contributed by atoms with E-state index in [0.717, 1.165) is 29.2 Å². The SMILES string of the molecule is CCCCCCCCC(OCC)(c1cccc2ccccc12)C(Cl)(Cl)Cl. The van der Waals surface area contributed by atoms with Gasteiger partial charge < -0.3 is 4.74 Å². The Labute approximate surface area is 173 Å². The van der Waals surface area contributed by atoms with Crippen molar-refractivity contribution in [1.29, 1.82) is 0 Å².